The molecule has 1 aliphatic heterocycles. The normalized spacial score (nSPS) is 25.3. The zero-order valence-electron chi connectivity index (χ0n) is 17.8. The summed E-state index contributed by atoms with van der Waals surface area (Å²) in [6, 6.07) is 13.4. The summed E-state index contributed by atoms with van der Waals surface area (Å²) in [4.78, 5) is 0. The molecule has 0 bridgehead atoms. The molecular formula is C25H23ClFNO6. The fourth-order valence-electron chi connectivity index (χ4n) is 4.66. The smallest absolute Gasteiger partial charge is 0.163 e. The average molecular weight is 488 g/mol. The van der Waals surface area contributed by atoms with Crippen molar-refractivity contribution in [1.82, 2.24) is 4.57 Å². The first kappa shape index (κ1) is 23.0. The Morgan fingerprint density at radius 1 is 0.941 bits per heavy atom. The molecule has 2 heterocycles. The van der Waals surface area contributed by atoms with Gasteiger partial charge < -0.3 is 34.8 Å². The molecule has 5 atom stereocenters. The van der Waals surface area contributed by atoms with Gasteiger partial charge in [0.2, 0.25) is 0 Å². The number of hydrogen-bond acceptors (Lipinski definition) is 6. The van der Waals surface area contributed by atoms with Crippen LogP contribution in [-0.2, 0) is 11.2 Å². The number of halogens is 2. The molecule has 1 saturated heterocycles. The molecule has 1 fully saturated rings. The lowest BCUT2D eigenvalue weighted by Gasteiger charge is -2.40. The lowest BCUT2D eigenvalue weighted by molar-refractivity contribution is -0.250. The van der Waals surface area contributed by atoms with Crippen LogP contribution < -0.4 is 0 Å². The van der Waals surface area contributed by atoms with Gasteiger partial charge in [0.25, 0.3) is 0 Å². The zero-order valence-corrected chi connectivity index (χ0v) is 18.6. The second-order valence-electron chi connectivity index (χ2n) is 8.58. The lowest BCUT2D eigenvalue weighted by Crippen LogP contribution is -2.56. The summed E-state index contributed by atoms with van der Waals surface area (Å²) in [6.45, 7) is -0.581. The van der Waals surface area contributed by atoms with Gasteiger partial charge in [0, 0.05) is 11.6 Å². The van der Waals surface area contributed by atoms with Gasteiger partial charge in [-0.15, -0.1) is 0 Å². The van der Waals surface area contributed by atoms with Crippen LogP contribution in [0.5, 0.6) is 5.75 Å². The minimum Gasteiger partial charge on any atom is -0.508 e. The predicted octanol–water partition coefficient (Wildman–Crippen LogP) is 2.86. The molecule has 0 aliphatic carbocycles. The van der Waals surface area contributed by atoms with Gasteiger partial charge in [-0.1, -0.05) is 35.9 Å². The largest absolute Gasteiger partial charge is 0.508 e. The number of rotatable bonds is 4. The minimum atomic E-state index is -1.58. The van der Waals surface area contributed by atoms with Crippen molar-refractivity contribution >= 4 is 33.3 Å². The maximum absolute atomic E-state index is 15.1. The van der Waals surface area contributed by atoms with E-state index in [4.69, 9.17) is 16.3 Å². The van der Waals surface area contributed by atoms with Crippen molar-refractivity contribution in [3.8, 4) is 5.75 Å². The second-order valence-corrected chi connectivity index (χ2v) is 8.98. The third-order valence-electron chi connectivity index (χ3n) is 6.38. The molecule has 0 spiro atoms. The fraction of sp³-hybridized carbons (Fsp3) is 0.280. The molecule has 9 heteroatoms. The summed E-state index contributed by atoms with van der Waals surface area (Å²) in [5, 5.41) is 52.5. The van der Waals surface area contributed by atoms with E-state index in [1.165, 1.54) is 16.7 Å². The number of aromatic nitrogens is 1. The van der Waals surface area contributed by atoms with E-state index in [0.717, 1.165) is 16.3 Å². The Morgan fingerprint density at radius 3 is 2.44 bits per heavy atom. The van der Waals surface area contributed by atoms with Gasteiger partial charge in [0.1, 0.15) is 36.0 Å². The summed E-state index contributed by atoms with van der Waals surface area (Å²) in [5.74, 6) is -0.344. The minimum absolute atomic E-state index is 0.166. The molecule has 0 unspecified atom stereocenters. The number of hydrogen-bond donors (Lipinski definition) is 5. The van der Waals surface area contributed by atoms with E-state index in [-0.39, 0.29) is 21.7 Å². The highest BCUT2D eigenvalue weighted by atomic mass is 35.5. The van der Waals surface area contributed by atoms with Crippen molar-refractivity contribution in [2.45, 2.75) is 37.1 Å². The van der Waals surface area contributed by atoms with Crippen molar-refractivity contribution in [3.63, 3.8) is 0 Å². The van der Waals surface area contributed by atoms with Gasteiger partial charge in [0.15, 0.2) is 6.23 Å². The molecule has 178 valence electrons. The molecule has 1 aromatic heterocycles. The first-order chi connectivity index (χ1) is 16.3. The topological polar surface area (TPSA) is 115 Å². The molecule has 5 N–H and O–H groups in total. The zero-order chi connectivity index (χ0) is 24.1. The Balaban J connectivity index is 1.61. The van der Waals surface area contributed by atoms with E-state index in [2.05, 4.69) is 0 Å². The van der Waals surface area contributed by atoms with Crippen molar-refractivity contribution < 1.29 is 34.7 Å². The highest BCUT2D eigenvalue weighted by molar-refractivity contribution is 6.35. The van der Waals surface area contributed by atoms with Gasteiger partial charge in [-0.3, -0.25) is 0 Å². The monoisotopic (exact) mass is 487 g/mol. The van der Waals surface area contributed by atoms with Crippen molar-refractivity contribution in [2.24, 2.45) is 0 Å². The molecule has 0 radical (unpaired) electrons. The van der Waals surface area contributed by atoms with Crippen LogP contribution in [0.3, 0.4) is 0 Å². The van der Waals surface area contributed by atoms with E-state index >= 15 is 4.39 Å². The number of nitrogens with zero attached hydrogens (tertiary/aromatic N) is 1. The van der Waals surface area contributed by atoms with E-state index < -0.39 is 43.1 Å². The Morgan fingerprint density at radius 2 is 1.68 bits per heavy atom. The molecule has 7 nitrogen and oxygen atoms in total. The second kappa shape index (κ2) is 8.81. The average Bonchev–Trinajstić information content (AvgIpc) is 3.20. The fourth-order valence-corrected chi connectivity index (χ4v) is 4.91. The highest BCUT2D eigenvalue weighted by Crippen LogP contribution is 2.38. The summed E-state index contributed by atoms with van der Waals surface area (Å²) in [5.41, 5.74) is 1.72. The Kier molecular flexibility index (Phi) is 5.97. The van der Waals surface area contributed by atoms with Crippen molar-refractivity contribution in [2.75, 3.05) is 6.61 Å². The molecular weight excluding hydrogens is 465 g/mol. The molecule has 5 rings (SSSR count). The van der Waals surface area contributed by atoms with Gasteiger partial charge in [0.05, 0.1) is 17.1 Å². The number of aliphatic hydroxyl groups is 4. The number of phenolic OH excluding ortho intramolecular Hbond substituents is 1. The molecule has 3 aromatic carbocycles. The van der Waals surface area contributed by atoms with E-state index in [9.17, 15) is 25.5 Å². The number of aromatic hydroxyl groups is 1. The molecule has 1 aliphatic rings. The quantitative estimate of drug-likeness (QED) is 0.302. The summed E-state index contributed by atoms with van der Waals surface area (Å²) in [7, 11) is 0. The first-order valence-electron chi connectivity index (χ1n) is 10.8. The van der Waals surface area contributed by atoms with Crippen LogP contribution in [0.15, 0.2) is 54.7 Å². The predicted molar refractivity (Wildman–Crippen MR) is 124 cm³/mol. The van der Waals surface area contributed by atoms with Crippen LogP contribution in [0.1, 0.15) is 17.4 Å². The number of aliphatic hydroxyl groups excluding tert-OH is 4. The van der Waals surface area contributed by atoms with E-state index in [0.29, 0.717) is 12.0 Å². The number of benzene rings is 3. The summed E-state index contributed by atoms with van der Waals surface area (Å²) in [6.07, 6.45) is -5.04. The van der Waals surface area contributed by atoms with Crippen LogP contribution in [0, 0.1) is 5.82 Å². The number of ether oxygens (including phenoxy) is 1. The maximum atomic E-state index is 15.1. The molecule has 0 amide bonds. The van der Waals surface area contributed by atoms with Gasteiger partial charge >= 0.3 is 0 Å². The Bertz CT molecular complexity index is 1370. The van der Waals surface area contributed by atoms with Gasteiger partial charge in [-0.05, 0) is 52.6 Å². The maximum Gasteiger partial charge on any atom is 0.163 e. The summed E-state index contributed by atoms with van der Waals surface area (Å²) >= 11 is 6.44. The number of fused-ring (bicyclic) bond motifs is 2. The van der Waals surface area contributed by atoms with Crippen LogP contribution in [-0.4, -0.2) is 61.1 Å². The summed E-state index contributed by atoms with van der Waals surface area (Å²) < 4.78 is 22.2. The SMILES string of the molecule is OC[C@H]1O[C@@H](n2cc(Cc3ccc4cc(O)ccc4c3)c3c(F)ccc(Cl)c32)[C@H](O)[C@@H](O)[C@@H]1O. The van der Waals surface area contributed by atoms with Crippen LogP contribution in [0.2, 0.25) is 5.02 Å². The van der Waals surface area contributed by atoms with Crippen LogP contribution >= 0.6 is 11.6 Å². The Labute approximate surface area is 198 Å². The third kappa shape index (κ3) is 3.82. The number of phenols is 1. The van der Waals surface area contributed by atoms with Gasteiger partial charge in [-0.2, -0.15) is 0 Å². The lowest BCUT2D eigenvalue weighted by atomic mass is 9.98. The van der Waals surface area contributed by atoms with E-state index in [1.54, 1.807) is 24.4 Å². The molecule has 34 heavy (non-hydrogen) atoms. The molecule has 4 aromatic rings. The molecule has 0 saturated carbocycles. The van der Waals surface area contributed by atoms with Crippen LogP contribution in [0.4, 0.5) is 4.39 Å². The first-order valence-corrected chi connectivity index (χ1v) is 11.2. The van der Waals surface area contributed by atoms with Crippen molar-refractivity contribution in [1.29, 1.82) is 0 Å². The van der Waals surface area contributed by atoms with Gasteiger partial charge in [-0.25, -0.2) is 4.39 Å². The standard InChI is InChI=1S/C25H23ClFNO6/c26-17-5-6-18(27)20-15(8-12-1-2-14-9-16(30)4-3-13(14)7-12)10-28(21(17)20)25-24(33)23(32)22(31)19(11-29)34-25/h1-7,9-10,19,22-25,29-33H,8,11H2/t19-,22-,23+,24-,25-/m1/s1. The van der Waals surface area contributed by atoms with E-state index in [1.807, 2.05) is 18.2 Å². The van der Waals surface area contributed by atoms with Crippen LogP contribution in [0.25, 0.3) is 21.7 Å². The van der Waals surface area contributed by atoms with Crippen molar-refractivity contribution in [3.05, 3.63) is 76.7 Å². The Hall–Kier alpha value is -2.72. The third-order valence-corrected chi connectivity index (χ3v) is 6.68. The highest BCUT2D eigenvalue weighted by Gasteiger charge is 2.44.